The van der Waals surface area contributed by atoms with Gasteiger partial charge in [-0.15, -0.1) is 0 Å². The van der Waals surface area contributed by atoms with Gasteiger partial charge in [-0.25, -0.2) is 9.97 Å². The van der Waals surface area contributed by atoms with E-state index in [9.17, 15) is 0 Å². The summed E-state index contributed by atoms with van der Waals surface area (Å²) in [6.45, 7) is 14.4. The predicted molar refractivity (Wildman–Crippen MR) is 88.7 cm³/mol. The number of methoxy groups -OCH3 is 1. The molecule has 0 aromatic carbocycles. The van der Waals surface area contributed by atoms with E-state index in [0.717, 1.165) is 24.6 Å². The second-order valence-corrected chi connectivity index (χ2v) is 7.26. The van der Waals surface area contributed by atoms with Crippen molar-refractivity contribution in [1.29, 1.82) is 0 Å². The van der Waals surface area contributed by atoms with Crippen molar-refractivity contribution in [3.63, 3.8) is 0 Å². The zero-order valence-electron chi connectivity index (χ0n) is 14.5. The molecule has 0 fully saturated rings. The van der Waals surface area contributed by atoms with Crippen molar-refractivity contribution < 1.29 is 4.74 Å². The third-order valence-electron chi connectivity index (χ3n) is 2.84. The van der Waals surface area contributed by atoms with Crippen LogP contribution in [0.2, 0.25) is 0 Å². The van der Waals surface area contributed by atoms with E-state index in [0.29, 0.717) is 12.4 Å². The number of hydrogen-bond acceptors (Lipinski definition) is 5. The molecule has 0 amide bonds. The molecule has 120 valence electrons. The van der Waals surface area contributed by atoms with Gasteiger partial charge in [0.05, 0.1) is 0 Å². The van der Waals surface area contributed by atoms with Crippen molar-refractivity contribution in [2.75, 3.05) is 24.3 Å². The molecule has 1 rings (SSSR count). The Morgan fingerprint density at radius 1 is 1.10 bits per heavy atom. The third kappa shape index (κ3) is 6.76. The molecule has 0 bridgehead atoms. The topological polar surface area (TPSA) is 59.1 Å². The van der Waals surface area contributed by atoms with Gasteiger partial charge in [0.15, 0.2) is 5.82 Å². The fourth-order valence-electron chi connectivity index (χ4n) is 2.74. The van der Waals surface area contributed by atoms with Crippen LogP contribution in [-0.4, -0.2) is 29.2 Å². The van der Waals surface area contributed by atoms with Gasteiger partial charge >= 0.3 is 0 Å². The molecule has 5 nitrogen and oxygen atoms in total. The lowest BCUT2D eigenvalue weighted by atomic mass is 9.82. The number of nitrogens with one attached hydrogen (secondary N) is 2. The number of hydrogen-bond donors (Lipinski definition) is 2. The van der Waals surface area contributed by atoms with Crippen molar-refractivity contribution in [2.24, 2.45) is 5.41 Å². The Balaban J connectivity index is 2.95. The third-order valence-corrected chi connectivity index (χ3v) is 2.84. The number of anilines is 2. The van der Waals surface area contributed by atoms with E-state index in [4.69, 9.17) is 4.74 Å². The zero-order chi connectivity index (χ0) is 16.1. The quantitative estimate of drug-likeness (QED) is 0.803. The van der Waals surface area contributed by atoms with Crippen LogP contribution in [0.3, 0.4) is 0 Å². The normalized spacial score (nSPS) is 12.3. The maximum Gasteiger partial charge on any atom is 0.158 e. The minimum atomic E-state index is -0.0412. The summed E-state index contributed by atoms with van der Waals surface area (Å²) in [5.41, 5.74) is 0.212. The molecule has 0 aliphatic rings. The number of ether oxygens (including phenoxy) is 1. The first-order chi connectivity index (χ1) is 9.65. The molecule has 0 saturated heterocycles. The van der Waals surface area contributed by atoms with E-state index in [-0.39, 0.29) is 11.0 Å². The molecule has 0 aliphatic heterocycles. The predicted octanol–water partition coefficient (Wildman–Crippen LogP) is 3.68. The highest BCUT2D eigenvalue weighted by molar-refractivity contribution is 5.48. The highest BCUT2D eigenvalue weighted by Crippen LogP contribution is 2.29. The first kappa shape index (κ1) is 17.7. The van der Waals surface area contributed by atoms with Crippen LogP contribution in [0.15, 0.2) is 6.07 Å². The second kappa shape index (κ2) is 7.07. The Morgan fingerprint density at radius 2 is 1.71 bits per heavy atom. The molecule has 1 aromatic rings. The summed E-state index contributed by atoms with van der Waals surface area (Å²) in [5.74, 6) is 2.35. The van der Waals surface area contributed by atoms with Crippen LogP contribution < -0.4 is 10.6 Å². The maximum atomic E-state index is 5.15. The molecule has 5 heteroatoms. The maximum absolute atomic E-state index is 5.15. The Kier molecular flexibility index (Phi) is 5.96. The van der Waals surface area contributed by atoms with E-state index >= 15 is 0 Å². The van der Waals surface area contributed by atoms with Crippen molar-refractivity contribution in [2.45, 2.75) is 60.1 Å². The van der Waals surface area contributed by atoms with E-state index in [1.807, 2.05) is 6.07 Å². The lowest BCUT2D eigenvalue weighted by Gasteiger charge is -2.33. The molecule has 0 unspecified atom stereocenters. The largest absolute Gasteiger partial charge is 0.377 e. The molecule has 0 atom stereocenters. The van der Waals surface area contributed by atoms with Gasteiger partial charge in [0, 0.05) is 25.3 Å². The minimum absolute atomic E-state index is 0.0412. The molecular weight excluding hydrogens is 264 g/mol. The zero-order valence-corrected chi connectivity index (χ0v) is 14.5. The van der Waals surface area contributed by atoms with Gasteiger partial charge in [-0.1, -0.05) is 20.8 Å². The Bertz CT molecular complexity index is 428. The van der Waals surface area contributed by atoms with Crippen LogP contribution >= 0.6 is 0 Å². The Morgan fingerprint density at radius 3 is 2.24 bits per heavy atom. The van der Waals surface area contributed by atoms with Gasteiger partial charge in [-0.05, 0) is 32.6 Å². The molecule has 1 heterocycles. The lowest BCUT2D eigenvalue weighted by molar-refractivity contribution is 0.178. The van der Waals surface area contributed by atoms with E-state index < -0.39 is 0 Å². The van der Waals surface area contributed by atoms with Crippen LogP contribution in [0.4, 0.5) is 11.6 Å². The number of rotatable bonds is 7. The fourth-order valence-corrected chi connectivity index (χ4v) is 2.74. The highest BCUT2D eigenvalue weighted by atomic mass is 16.5. The molecule has 0 saturated carbocycles. The summed E-state index contributed by atoms with van der Waals surface area (Å²) in [7, 11) is 1.65. The molecule has 2 N–H and O–H groups in total. The summed E-state index contributed by atoms with van der Waals surface area (Å²) in [4.78, 5) is 8.96. The van der Waals surface area contributed by atoms with E-state index in [1.165, 1.54) is 0 Å². The summed E-state index contributed by atoms with van der Waals surface area (Å²) < 4.78 is 5.15. The number of nitrogens with zero attached hydrogens (tertiary/aromatic N) is 2. The molecule has 1 aromatic heterocycles. The van der Waals surface area contributed by atoms with Crippen molar-refractivity contribution >= 4 is 11.6 Å². The Labute approximate surface area is 128 Å². The molecule has 0 radical (unpaired) electrons. The van der Waals surface area contributed by atoms with Crippen molar-refractivity contribution in [3.8, 4) is 0 Å². The van der Waals surface area contributed by atoms with E-state index in [1.54, 1.807) is 7.11 Å². The van der Waals surface area contributed by atoms with Gasteiger partial charge in [-0.3, -0.25) is 0 Å². The van der Waals surface area contributed by atoms with Crippen LogP contribution in [0, 0.1) is 5.41 Å². The van der Waals surface area contributed by atoms with Gasteiger partial charge in [-0.2, -0.15) is 0 Å². The smallest absolute Gasteiger partial charge is 0.158 e. The minimum Gasteiger partial charge on any atom is -0.377 e. The fraction of sp³-hybridized carbons (Fsp3) is 0.750. The van der Waals surface area contributed by atoms with Gasteiger partial charge in [0.25, 0.3) is 0 Å². The van der Waals surface area contributed by atoms with E-state index in [2.05, 4.69) is 62.1 Å². The summed E-state index contributed by atoms with van der Waals surface area (Å²) >= 11 is 0. The molecule has 0 aliphatic carbocycles. The van der Waals surface area contributed by atoms with Gasteiger partial charge in [0.2, 0.25) is 0 Å². The van der Waals surface area contributed by atoms with Crippen molar-refractivity contribution in [3.05, 3.63) is 11.9 Å². The van der Waals surface area contributed by atoms with Crippen LogP contribution in [-0.2, 0) is 11.3 Å². The SMILES string of the molecule is CCNc1cc(NC(C)(C)CC(C)(C)C)nc(COC)n1. The van der Waals surface area contributed by atoms with Crippen molar-refractivity contribution in [1.82, 2.24) is 9.97 Å². The second-order valence-electron chi connectivity index (χ2n) is 7.26. The average Bonchev–Trinajstić information content (AvgIpc) is 2.24. The van der Waals surface area contributed by atoms with Crippen LogP contribution in [0.5, 0.6) is 0 Å². The summed E-state index contributed by atoms with van der Waals surface area (Å²) in [5, 5.41) is 6.76. The molecule has 21 heavy (non-hydrogen) atoms. The van der Waals surface area contributed by atoms with Crippen LogP contribution in [0.1, 0.15) is 53.8 Å². The standard InChI is InChI=1S/C16H30N4O/c1-8-17-12-9-13(19-14(18-12)10-21-7)20-16(5,6)11-15(2,3)4/h9H,8,10-11H2,1-7H3,(H2,17,18,19,20). The summed E-state index contributed by atoms with van der Waals surface area (Å²) in [6, 6.07) is 1.95. The van der Waals surface area contributed by atoms with Gasteiger partial charge in [0.1, 0.15) is 18.2 Å². The van der Waals surface area contributed by atoms with Crippen LogP contribution in [0.25, 0.3) is 0 Å². The highest BCUT2D eigenvalue weighted by Gasteiger charge is 2.25. The molecular formula is C16H30N4O. The monoisotopic (exact) mass is 294 g/mol. The number of aromatic nitrogens is 2. The first-order valence-electron chi connectivity index (χ1n) is 7.54. The summed E-state index contributed by atoms with van der Waals surface area (Å²) in [6.07, 6.45) is 1.04. The van der Waals surface area contributed by atoms with Gasteiger partial charge < -0.3 is 15.4 Å². The first-order valence-corrected chi connectivity index (χ1v) is 7.54. The molecule has 0 spiro atoms. The average molecular weight is 294 g/mol. The lowest BCUT2D eigenvalue weighted by Crippen LogP contribution is -2.35. The Hall–Kier alpha value is -1.36.